The molecule has 0 saturated carbocycles. The van der Waals surface area contributed by atoms with Crippen molar-refractivity contribution in [3.8, 4) is 22.6 Å². The van der Waals surface area contributed by atoms with Crippen LogP contribution in [0.1, 0.15) is 28.1 Å². The van der Waals surface area contributed by atoms with Crippen LogP contribution in [0.4, 0.5) is 0 Å². The molecule has 0 bridgehead atoms. The maximum atomic E-state index is 13.5. The Kier molecular flexibility index (Phi) is 6.31. The van der Waals surface area contributed by atoms with Gasteiger partial charge < -0.3 is 18.8 Å². The number of hydrogen-bond donors (Lipinski definition) is 0. The Morgan fingerprint density at radius 2 is 1.82 bits per heavy atom. The first kappa shape index (κ1) is 22.5. The van der Waals surface area contributed by atoms with E-state index in [4.69, 9.17) is 25.5 Å². The Labute approximate surface area is 203 Å². The standard InChI is InChI=1S/C28H26ClNO4/c1-30(2)13-15-32-22-11-7-18(8-12-22)26-23-16-20-4-3-14-33-24(20)17-25(23)34-28(26)27(31)19-5-9-21(29)10-6-19/h5-12,16-17H,3-4,13-15H2,1-2H3. The predicted octanol–water partition coefficient (Wildman–Crippen LogP) is 6.25. The van der Waals surface area contributed by atoms with Crippen molar-refractivity contribution in [2.75, 3.05) is 33.9 Å². The van der Waals surface area contributed by atoms with E-state index in [1.807, 2.05) is 44.4 Å². The minimum absolute atomic E-state index is 0.187. The summed E-state index contributed by atoms with van der Waals surface area (Å²) < 4.78 is 17.9. The van der Waals surface area contributed by atoms with Gasteiger partial charge in [0.25, 0.3) is 0 Å². The second kappa shape index (κ2) is 9.53. The lowest BCUT2D eigenvalue weighted by Gasteiger charge is -2.16. The fraction of sp³-hybridized carbons (Fsp3) is 0.250. The summed E-state index contributed by atoms with van der Waals surface area (Å²) in [6, 6.07) is 18.7. The average Bonchev–Trinajstić information content (AvgIpc) is 3.21. The number of rotatable bonds is 7. The summed E-state index contributed by atoms with van der Waals surface area (Å²) in [6.07, 6.45) is 1.91. The van der Waals surface area contributed by atoms with Crippen LogP contribution in [0, 0.1) is 0 Å². The molecule has 5 nitrogen and oxygen atoms in total. The summed E-state index contributed by atoms with van der Waals surface area (Å²) in [5.74, 6) is 1.73. The topological polar surface area (TPSA) is 51.9 Å². The van der Waals surface area contributed by atoms with Gasteiger partial charge in [-0.3, -0.25) is 4.79 Å². The van der Waals surface area contributed by atoms with Crippen LogP contribution in [0.2, 0.25) is 5.02 Å². The first-order chi connectivity index (χ1) is 16.5. The Morgan fingerprint density at radius 3 is 2.56 bits per heavy atom. The van der Waals surface area contributed by atoms with Gasteiger partial charge in [0.05, 0.1) is 6.61 Å². The van der Waals surface area contributed by atoms with E-state index in [1.54, 1.807) is 24.3 Å². The molecule has 0 N–H and O–H groups in total. The van der Waals surface area contributed by atoms with E-state index in [0.29, 0.717) is 35.1 Å². The van der Waals surface area contributed by atoms with E-state index in [0.717, 1.165) is 53.0 Å². The molecule has 34 heavy (non-hydrogen) atoms. The number of benzene rings is 3. The summed E-state index contributed by atoms with van der Waals surface area (Å²) in [5, 5.41) is 1.49. The van der Waals surface area contributed by atoms with Crippen LogP contribution in [0.15, 0.2) is 65.1 Å². The molecule has 3 aromatic carbocycles. The largest absolute Gasteiger partial charge is 0.493 e. The normalized spacial score (nSPS) is 13.1. The third kappa shape index (κ3) is 4.54. The van der Waals surface area contributed by atoms with E-state index >= 15 is 0 Å². The summed E-state index contributed by atoms with van der Waals surface area (Å²) in [4.78, 5) is 15.6. The number of ketones is 1. The van der Waals surface area contributed by atoms with E-state index in [2.05, 4.69) is 11.0 Å². The molecular weight excluding hydrogens is 450 g/mol. The maximum Gasteiger partial charge on any atom is 0.228 e. The van der Waals surface area contributed by atoms with Crippen molar-refractivity contribution in [1.82, 2.24) is 4.90 Å². The van der Waals surface area contributed by atoms with Gasteiger partial charge in [0.1, 0.15) is 23.7 Å². The monoisotopic (exact) mass is 475 g/mol. The van der Waals surface area contributed by atoms with Crippen molar-refractivity contribution in [1.29, 1.82) is 0 Å². The molecule has 1 aliphatic heterocycles. The van der Waals surface area contributed by atoms with Crippen LogP contribution in [0.5, 0.6) is 11.5 Å². The first-order valence-electron chi connectivity index (χ1n) is 11.4. The molecule has 0 saturated heterocycles. The van der Waals surface area contributed by atoms with Gasteiger partial charge in [0, 0.05) is 34.1 Å². The molecule has 5 rings (SSSR count). The van der Waals surface area contributed by atoms with Crippen LogP contribution in [0.25, 0.3) is 22.1 Å². The number of carbonyl (C=O) groups excluding carboxylic acids is 1. The zero-order chi connectivity index (χ0) is 23.7. The summed E-state index contributed by atoms with van der Waals surface area (Å²) in [6.45, 7) is 2.13. The van der Waals surface area contributed by atoms with Crippen LogP contribution in [-0.4, -0.2) is 44.5 Å². The van der Waals surface area contributed by atoms with E-state index in [-0.39, 0.29) is 5.78 Å². The molecule has 1 aliphatic rings. The van der Waals surface area contributed by atoms with Gasteiger partial charge in [-0.05, 0) is 80.5 Å². The highest BCUT2D eigenvalue weighted by Crippen LogP contribution is 2.40. The van der Waals surface area contributed by atoms with Gasteiger partial charge in [-0.2, -0.15) is 0 Å². The number of likely N-dealkylation sites (N-methyl/N-ethyl adjacent to an activating group) is 1. The van der Waals surface area contributed by atoms with Crippen molar-refractivity contribution in [3.63, 3.8) is 0 Å². The van der Waals surface area contributed by atoms with Gasteiger partial charge in [-0.15, -0.1) is 0 Å². The molecule has 0 amide bonds. The Balaban J connectivity index is 1.58. The molecular formula is C28H26ClNO4. The van der Waals surface area contributed by atoms with Gasteiger partial charge in [0.2, 0.25) is 5.78 Å². The average molecular weight is 476 g/mol. The number of hydrogen-bond acceptors (Lipinski definition) is 5. The fourth-order valence-electron chi connectivity index (χ4n) is 4.19. The van der Waals surface area contributed by atoms with Crippen LogP contribution < -0.4 is 9.47 Å². The molecule has 0 aliphatic carbocycles. The zero-order valence-corrected chi connectivity index (χ0v) is 20.0. The highest BCUT2D eigenvalue weighted by atomic mass is 35.5. The van der Waals surface area contributed by atoms with Gasteiger partial charge >= 0.3 is 0 Å². The minimum Gasteiger partial charge on any atom is -0.493 e. The van der Waals surface area contributed by atoms with Crippen molar-refractivity contribution in [2.24, 2.45) is 0 Å². The lowest BCUT2D eigenvalue weighted by molar-refractivity contribution is 0.101. The van der Waals surface area contributed by atoms with Gasteiger partial charge in [0.15, 0.2) is 5.76 Å². The van der Waals surface area contributed by atoms with Crippen LogP contribution >= 0.6 is 11.6 Å². The predicted molar refractivity (Wildman–Crippen MR) is 134 cm³/mol. The lowest BCUT2D eigenvalue weighted by Crippen LogP contribution is -2.19. The Bertz CT molecular complexity index is 1320. The number of fused-ring (bicyclic) bond motifs is 2. The Hall–Kier alpha value is -3.28. The van der Waals surface area contributed by atoms with Gasteiger partial charge in [-0.25, -0.2) is 0 Å². The highest BCUT2D eigenvalue weighted by Gasteiger charge is 2.25. The number of aryl methyl sites for hydroxylation is 1. The third-order valence-corrected chi connectivity index (χ3v) is 6.23. The lowest BCUT2D eigenvalue weighted by atomic mass is 9.95. The summed E-state index contributed by atoms with van der Waals surface area (Å²) in [5.41, 5.74) is 3.97. The molecule has 1 aromatic heterocycles. The second-order valence-corrected chi connectivity index (χ2v) is 9.16. The number of nitrogens with zero attached hydrogens (tertiary/aromatic N) is 1. The molecule has 0 fully saturated rings. The molecule has 6 heteroatoms. The van der Waals surface area contributed by atoms with Crippen molar-refractivity contribution >= 4 is 28.4 Å². The fourth-order valence-corrected chi connectivity index (χ4v) is 4.31. The van der Waals surface area contributed by atoms with Crippen molar-refractivity contribution in [3.05, 3.63) is 82.6 Å². The SMILES string of the molecule is CN(C)CCOc1ccc(-c2c(C(=O)c3ccc(Cl)cc3)oc3cc4c(cc23)CCCO4)cc1. The molecule has 0 unspecified atom stereocenters. The zero-order valence-electron chi connectivity index (χ0n) is 19.3. The van der Waals surface area contributed by atoms with E-state index in [1.165, 1.54) is 0 Å². The van der Waals surface area contributed by atoms with Gasteiger partial charge in [-0.1, -0.05) is 23.7 Å². The smallest absolute Gasteiger partial charge is 0.228 e. The molecule has 0 radical (unpaired) electrons. The quantitative estimate of drug-likeness (QED) is 0.296. The highest BCUT2D eigenvalue weighted by molar-refractivity contribution is 6.30. The van der Waals surface area contributed by atoms with Crippen LogP contribution in [0.3, 0.4) is 0 Å². The number of furan rings is 1. The molecule has 174 valence electrons. The van der Waals surface area contributed by atoms with Crippen LogP contribution in [-0.2, 0) is 6.42 Å². The van der Waals surface area contributed by atoms with E-state index in [9.17, 15) is 4.79 Å². The second-order valence-electron chi connectivity index (χ2n) is 8.73. The molecule has 0 spiro atoms. The number of carbonyl (C=O) groups is 1. The first-order valence-corrected chi connectivity index (χ1v) is 11.8. The van der Waals surface area contributed by atoms with E-state index < -0.39 is 0 Å². The minimum atomic E-state index is -0.187. The molecule has 0 atom stereocenters. The summed E-state index contributed by atoms with van der Waals surface area (Å²) >= 11 is 6.03. The maximum absolute atomic E-state index is 13.5. The molecule has 2 heterocycles. The molecule has 4 aromatic rings. The number of halogens is 1. The number of ether oxygens (including phenoxy) is 2. The van der Waals surface area contributed by atoms with Crippen molar-refractivity contribution in [2.45, 2.75) is 12.8 Å². The Morgan fingerprint density at radius 1 is 1.06 bits per heavy atom. The van der Waals surface area contributed by atoms with Crippen molar-refractivity contribution < 1.29 is 18.7 Å². The summed E-state index contributed by atoms with van der Waals surface area (Å²) in [7, 11) is 4.03. The third-order valence-electron chi connectivity index (χ3n) is 5.98.